The molecule has 0 bridgehead atoms. The van der Waals surface area contributed by atoms with E-state index in [9.17, 15) is 5.11 Å². The molecule has 1 aliphatic heterocycles. The molecule has 0 aromatic carbocycles. The maximum absolute atomic E-state index is 9.60. The topological polar surface area (TPSA) is 49.2 Å². The standard InChI is InChI=1S/C12H19N3O/c1-9-12(16)10(2)14-11(13-9)8-15-6-4-3-5-7-15/h16H,3-8H2,1-2H3. The molecule has 4 heteroatoms. The molecule has 1 saturated heterocycles. The SMILES string of the molecule is Cc1nc(CN2CCCCC2)nc(C)c1O. The van der Waals surface area contributed by atoms with Gasteiger partial charge in [-0.2, -0.15) is 0 Å². The van der Waals surface area contributed by atoms with Crippen LogP contribution in [0.1, 0.15) is 36.5 Å². The fourth-order valence-electron chi connectivity index (χ4n) is 2.17. The van der Waals surface area contributed by atoms with Crippen LogP contribution in [0.15, 0.2) is 0 Å². The summed E-state index contributed by atoms with van der Waals surface area (Å²) in [5.41, 5.74) is 1.36. The van der Waals surface area contributed by atoms with E-state index >= 15 is 0 Å². The van der Waals surface area contributed by atoms with Gasteiger partial charge in [0, 0.05) is 0 Å². The lowest BCUT2D eigenvalue weighted by molar-refractivity contribution is 0.215. The Kier molecular flexibility index (Phi) is 3.39. The maximum atomic E-state index is 9.60. The van der Waals surface area contributed by atoms with Crippen molar-refractivity contribution in [3.63, 3.8) is 0 Å². The van der Waals surface area contributed by atoms with E-state index in [0.717, 1.165) is 25.5 Å². The van der Waals surface area contributed by atoms with Crippen LogP contribution in [-0.2, 0) is 6.54 Å². The minimum absolute atomic E-state index is 0.224. The molecule has 2 rings (SSSR count). The van der Waals surface area contributed by atoms with Crippen LogP contribution in [0.4, 0.5) is 0 Å². The molecule has 1 N–H and O–H groups in total. The predicted molar refractivity (Wildman–Crippen MR) is 62.3 cm³/mol. The molecular weight excluding hydrogens is 202 g/mol. The summed E-state index contributed by atoms with van der Waals surface area (Å²) < 4.78 is 0. The summed E-state index contributed by atoms with van der Waals surface area (Å²) in [7, 11) is 0. The van der Waals surface area contributed by atoms with Gasteiger partial charge in [0.25, 0.3) is 0 Å². The van der Waals surface area contributed by atoms with Gasteiger partial charge in [0.1, 0.15) is 5.82 Å². The van der Waals surface area contributed by atoms with Crippen LogP contribution < -0.4 is 0 Å². The smallest absolute Gasteiger partial charge is 0.158 e. The number of likely N-dealkylation sites (tertiary alicyclic amines) is 1. The Morgan fingerprint density at radius 2 is 1.62 bits per heavy atom. The second-order valence-corrected chi connectivity index (χ2v) is 4.50. The molecule has 0 aliphatic carbocycles. The quantitative estimate of drug-likeness (QED) is 0.827. The number of hydrogen-bond donors (Lipinski definition) is 1. The Bertz CT molecular complexity index is 350. The third kappa shape index (κ3) is 2.50. The number of aromatic nitrogens is 2. The second kappa shape index (κ2) is 4.78. The lowest BCUT2D eigenvalue weighted by Gasteiger charge is -2.25. The highest BCUT2D eigenvalue weighted by Gasteiger charge is 2.13. The van der Waals surface area contributed by atoms with Crippen LogP contribution in [0, 0.1) is 13.8 Å². The fourth-order valence-corrected chi connectivity index (χ4v) is 2.17. The van der Waals surface area contributed by atoms with Crippen LogP contribution >= 0.6 is 0 Å². The van der Waals surface area contributed by atoms with Gasteiger partial charge in [-0.25, -0.2) is 9.97 Å². The molecule has 1 aromatic rings. The van der Waals surface area contributed by atoms with Crippen LogP contribution in [0.3, 0.4) is 0 Å². The summed E-state index contributed by atoms with van der Waals surface area (Å²) in [5.74, 6) is 1.05. The van der Waals surface area contributed by atoms with Gasteiger partial charge in [-0.05, 0) is 39.8 Å². The third-order valence-corrected chi connectivity index (χ3v) is 3.09. The van der Waals surface area contributed by atoms with Crippen molar-refractivity contribution in [2.24, 2.45) is 0 Å². The van der Waals surface area contributed by atoms with Crippen LogP contribution in [0.2, 0.25) is 0 Å². The molecule has 16 heavy (non-hydrogen) atoms. The Balaban J connectivity index is 2.09. The summed E-state index contributed by atoms with van der Waals surface area (Å²) in [6.45, 7) is 6.74. The van der Waals surface area contributed by atoms with E-state index in [1.54, 1.807) is 0 Å². The van der Waals surface area contributed by atoms with Crippen molar-refractivity contribution in [3.05, 3.63) is 17.2 Å². The van der Waals surface area contributed by atoms with Gasteiger partial charge in [-0.3, -0.25) is 4.90 Å². The van der Waals surface area contributed by atoms with E-state index < -0.39 is 0 Å². The van der Waals surface area contributed by atoms with Gasteiger partial charge >= 0.3 is 0 Å². The number of hydrogen-bond acceptors (Lipinski definition) is 4. The molecule has 0 radical (unpaired) electrons. The van der Waals surface area contributed by atoms with Gasteiger partial charge in [0.05, 0.1) is 17.9 Å². The van der Waals surface area contributed by atoms with E-state index in [0.29, 0.717) is 11.4 Å². The minimum atomic E-state index is 0.224. The fraction of sp³-hybridized carbons (Fsp3) is 0.667. The monoisotopic (exact) mass is 221 g/mol. The number of aryl methyl sites for hydroxylation is 2. The molecule has 0 saturated carbocycles. The van der Waals surface area contributed by atoms with Gasteiger partial charge in [-0.1, -0.05) is 6.42 Å². The largest absolute Gasteiger partial charge is 0.504 e. The zero-order chi connectivity index (χ0) is 11.5. The van der Waals surface area contributed by atoms with Crippen LogP contribution in [0.5, 0.6) is 5.75 Å². The van der Waals surface area contributed by atoms with E-state index in [2.05, 4.69) is 14.9 Å². The van der Waals surface area contributed by atoms with Crippen LogP contribution in [-0.4, -0.2) is 33.1 Å². The molecule has 0 unspecified atom stereocenters. The van der Waals surface area contributed by atoms with E-state index in [-0.39, 0.29) is 5.75 Å². The second-order valence-electron chi connectivity index (χ2n) is 4.50. The van der Waals surface area contributed by atoms with E-state index in [4.69, 9.17) is 0 Å². The summed E-state index contributed by atoms with van der Waals surface area (Å²) in [5, 5.41) is 9.60. The maximum Gasteiger partial charge on any atom is 0.158 e. The average Bonchev–Trinajstić information content (AvgIpc) is 2.27. The number of nitrogens with zero attached hydrogens (tertiary/aromatic N) is 3. The average molecular weight is 221 g/mol. The molecule has 1 aliphatic rings. The summed E-state index contributed by atoms with van der Waals surface area (Å²) in [6.07, 6.45) is 3.89. The lowest BCUT2D eigenvalue weighted by Crippen LogP contribution is -2.30. The zero-order valence-corrected chi connectivity index (χ0v) is 10.0. The van der Waals surface area contributed by atoms with E-state index in [1.165, 1.54) is 19.3 Å². The third-order valence-electron chi connectivity index (χ3n) is 3.09. The highest BCUT2D eigenvalue weighted by atomic mass is 16.3. The first kappa shape index (κ1) is 11.3. The van der Waals surface area contributed by atoms with Crippen LogP contribution in [0.25, 0.3) is 0 Å². The van der Waals surface area contributed by atoms with Gasteiger partial charge in [-0.15, -0.1) is 0 Å². The van der Waals surface area contributed by atoms with Crippen molar-refractivity contribution in [2.75, 3.05) is 13.1 Å². The van der Waals surface area contributed by atoms with Gasteiger partial charge in [0.2, 0.25) is 0 Å². The van der Waals surface area contributed by atoms with Crippen molar-refractivity contribution < 1.29 is 5.11 Å². The molecule has 0 atom stereocenters. The molecule has 2 heterocycles. The Labute approximate surface area is 96.3 Å². The molecular formula is C12H19N3O. The molecule has 1 aromatic heterocycles. The Hall–Kier alpha value is -1.16. The summed E-state index contributed by atoms with van der Waals surface area (Å²) in [6, 6.07) is 0. The highest BCUT2D eigenvalue weighted by molar-refractivity contribution is 5.29. The molecule has 88 valence electrons. The minimum Gasteiger partial charge on any atom is -0.504 e. The number of aromatic hydroxyl groups is 1. The van der Waals surface area contributed by atoms with Crippen molar-refractivity contribution in [2.45, 2.75) is 39.7 Å². The first-order chi connectivity index (χ1) is 7.66. The Morgan fingerprint density at radius 3 is 2.19 bits per heavy atom. The lowest BCUT2D eigenvalue weighted by atomic mass is 10.1. The Morgan fingerprint density at radius 1 is 1.06 bits per heavy atom. The first-order valence-corrected chi connectivity index (χ1v) is 5.92. The number of rotatable bonds is 2. The first-order valence-electron chi connectivity index (χ1n) is 5.92. The summed E-state index contributed by atoms with van der Waals surface area (Å²) >= 11 is 0. The summed E-state index contributed by atoms with van der Waals surface area (Å²) in [4.78, 5) is 11.0. The van der Waals surface area contributed by atoms with Crippen molar-refractivity contribution >= 4 is 0 Å². The normalized spacial score (nSPS) is 17.6. The number of piperidine rings is 1. The van der Waals surface area contributed by atoms with Gasteiger partial charge in [0.15, 0.2) is 5.75 Å². The molecule has 4 nitrogen and oxygen atoms in total. The highest BCUT2D eigenvalue weighted by Crippen LogP contribution is 2.18. The van der Waals surface area contributed by atoms with E-state index in [1.807, 2.05) is 13.8 Å². The van der Waals surface area contributed by atoms with Crippen molar-refractivity contribution in [3.8, 4) is 5.75 Å². The van der Waals surface area contributed by atoms with Crippen molar-refractivity contribution in [1.29, 1.82) is 0 Å². The molecule has 0 amide bonds. The molecule has 0 spiro atoms. The van der Waals surface area contributed by atoms with Crippen molar-refractivity contribution in [1.82, 2.24) is 14.9 Å². The van der Waals surface area contributed by atoms with Gasteiger partial charge < -0.3 is 5.11 Å². The zero-order valence-electron chi connectivity index (χ0n) is 10.0. The predicted octanol–water partition coefficient (Wildman–Crippen LogP) is 1.78. The molecule has 1 fully saturated rings.